The van der Waals surface area contributed by atoms with Crippen molar-refractivity contribution >= 4 is 17.4 Å². The molecular formula is C23H17N5O3. The zero-order chi connectivity index (χ0) is 21.5. The van der Waals surface area contributed by atoms with Gasteiger partial charge in [0, 0.05) is 22.4 Å². The average Bonchev–Trinajstić information content (AvgIpc) is 3.35. The Morgan fingerprint density at radius 3 is 2.48 bits per heavy atom. The number of ether oxygens (including phenoxy) is 1. The molecule has 8 heteroatoms. The molecule has 3 aromatic carbocycles. The summed E-state index contributed by atoms with van der Waals surface area (Å²) in [6, 6.07) is 17.8. The lowest BCUT2D eigenvalue weighted by molar-refractivity contribution is 0.102. The third-order valence-corrected chi connectivity index (χ3v) is 5.28. The van der Waals surface area contributed by atoms with Crippen molar-refractivity contribution in [2.75, 3.05) is 12.4 Å². The molecule has 1 amide bonds. The number of aromatic nitrogens is 4. The molecule has 0 aliphatic heterocycles. The maximum absolute atomic E-state index is 12.9. The minimum atomic E-state index is -0.323. The first-order valence-electron chi connectivity index (χ1n) is 9.59. The monoisotopic (exact) mass is 411 g/mol. The summed E-state index contributed by atoms with van der Waals surface area (Å²) in [6.07, 6.45) is 0. The number of aryl methyl sites for hydroxylation is 1. The fraction of sp³-hybridized carbons (Fsp3) is 0.0870. The number of amides is 1. The van der Waals surface area contributed by atoms with Crippen molar-refractivity contribution in [1.29, 1.82) is 0 Å². The summed E-state index contributed by atoms with van der Waals surface area (Å²) in [4.78, 5) is 25.6. The van der Waals surface area contributed by atoms with Gasteiger partial charge in [0.15, 0.2) is 11.6 Å². The molecule has 5 rings (SSSR count). The predicted octanol–water partition coefficient (Wildman–Crippen LogP) is 3.44. The van der Waals surface area contributed by atoms with Crippen molar-refractivity contribution < 1.29 is 14.3 Å². The van der Waals surface area contributed by atoms with E-state index < -0.39 is 0 Å². The minimum absolute atomic E-state index is 0.0684. The number of hydrogen-bond donors (Lipinski definition) is 1. The van der Waals surface area contributed by atoms with Gasteiger partial charge in [-0.3, -0.25) is 9.59 Å². The molecule has 0 radical (unpaired) electrons. The van der Waals surface area contributed by atoms with E-state index in [1.807, 2.05) is 24.3 Å². The van der Waals surface area contributed by atoms with E-state index in [1.54, 1.807) is 50.4 Å². The Balaban J connectivity index is 1.45. The summed E-state index contributed by atoms with van der Waals surface area (Å²) < 4.78 is 6.92. The predicted molar refractivity (Wildman–Crippen MR) is 114 cm³/mol. The highest BCUT2D eigenvalue weighted by Crippen LogP contribution is 2.37. The number of hydrogen-bond acceptors (Lipinski definition) is 6. The fourth-order valence-electron chi connectivity index (χ4n) is 3.76. The van der Waals surface area contributed by atoms with E-state index in [1.165, 1.54) is 4.68 Å². The molecule has 152 valence electrons. The van der Waals surface area contributed by atoms with E-state index in [0.717, 1.165) is 11.1 Å². The lowest BCUT2D eigenvalue weighted by atomic mass is 10.0. The van der Waals surface area contributed by atoms with Crippen LogP contribution in [-0.4, -0.2) is 39.0 Å². The molecule has 0 atom stereocenters. The van der Waals surface area contributed by atoms with Crippen LogP contribution in [0.1, 0.15) is 32.1 Å². The standard InChI is InChI=1S/C23H17N5O3/c1-13-25-26-27-28(13)20-12-15(8-10-21(20)31-2)24-23(30)14-7-9-17-16-5-3-4-6-18(16)22(29)19(17)11-14/h3-12H,1-2H3,(H,24,30). The van der Waals surface area contributed by atoms with Gasteiger partial charge in [0.2, 0.25) is 0 Å². The Labute approximate surface area is 177 Å². The number of tetrazole rings is 1. The minimum Gasteiger partial charge on any atom is -0.494 e. The number of nitrogens with one attached hydrogen (secondary N) is 1. The van der Waals surface area contributed by atoms with Crippen LogP contribution in [-0.2, 0) is 0 Å². The molecular weight excluding hydrogens is 394 g/mol. The van der Waals surface area contributed by atoms with Gasteiger partial charge in [0.25, 0.3) is 5.91 Å². The Bertz CT molecular complexity index is 1360. The smallest absolute Gasteiger partial charge is 0.255 e. The van der Waals surface area contributed by atoms with Crippen LogP contribution in [0.25, 0.3) is 16.8 Å². The summed E-state index contributed by atoms with van der Waals surface area (Å²) in [6.45, 7) is 1.77. The SMILES string of the molecule is COc1ccc(NC(=O)c2ccc3c(c2)C(=O)c2ccccc2-3)cc1-n1nnnc1C. The first-order chi connectivity index (χ1) is 15.1. The van der Waals surface area contributed by atoms with Crippen LogP contribution in [0.3, 0.4) is 0 Å². The van der Waals surface area contributed by atoms with Gasteiger partial charge in [-0.2, -0.15) is 4.68 Å². The molecule has 1 N–H and O–H groups in total. The van der Waals surface area contributed by atoms with Crippen molar-refractivity contribution in [2.24, 2.45) is 0 Å². The highest BCUT2D eigenvalue weighted by molar-refractivity contribution is 6.22. The summed E-state index contributed by atoms with van der Waals surface area (Å²) in [7, 11) is 1.55. The van der Waals surface area contributed by atoms with E-state index >= 15 is 0 Å². The Kier molecular flexibility index (Phi) is 4.32. The van der Waals surface area contributed by atoms with Gasteiger partial charge in [-0.05, 0) is 58.8 Å². The highest BCUT2D eigenvalue weighted by Gasteiger charge is 2.27. The first kappa shape index (κ1) is 18.7. The lowest BCUT2D eigenvalue weighted by Gasteiger charge is -2.12. The number of fused-ring (bicyclic) bond motifs is 3. The van der Waals surface area contributed by atoms with E-state index in [9.17, 15) is 9.59 Å². The van der Waals surface area contributed by atoms with Crippen molar-refractivity contribution in [1.82, 2.24) is 20.2 Å². The van der Waals surface area contributed by atoms with Crippen molar-refractivity contribution in [2.45, 2.75) is 6.92 Å². The van der Waals surface area contributed by atoms with E-state index in [2.05, 4.69) is 20.8 Å². The molecule has 31 heavy (non-hydrogen) atoms. The van der Waals surface area contributed by atoms with Gasteiger partial charge >= 0.3 is 0 Å². The van der Waals surface area contributed by atoms with Crippen LogP contribution in [0.2, 0.25) is 0 Å². The average molecular weight is 411 g/mol. The summed E-state index contributed by atoms with van der Waals surface area (Å²) in [5.74, 6) is 0.755. The number of rotatable bonds is 4. The lowest BCUT2D eigenvalue weighted by Crippen LogP contribution is -2.13. The Hall–Kier alpha value is -4.33. The number of carbonyl (C=O) groups is 2. The van der Waals surface area contributed by atoms with Crippen LogP contribution < -0.4 is 10.1 Å². The number of benzene rings is 3. The number of ketones is 1. The molecule has 1 aliphatic rings. The molecule has 0 spiro atoms. The van der Waals surface area contributed by atoms with Crippen molar-refractivity contribution in [3.8, 4) is 22.6 Å². The van der Waals surface area contributed by atoms with Crippen LogP contribution in [0.4, 0.5) is 5.69 Å². The summed E-state index contributed by atoms with van der Waals surface area (Å²) in [5.41, 5.74) is 4.48. The van der Waals surface area contributed by atoms with Crippen molar-refractivity contribution in [3.63, 3.8) is 0 Å². The summed E-state index contributed by atoms with van der Waals surface area (Å²) in [5, 5.41) is 14.4. The number of anilines is 1. The topological polar surface area (TPSA) is 99.0 Å². The Morgan fingerprint density at radius 1 is 0.968 bits per heavy atom. The normalized spacial score (nSPS) is 11.7. The Morgan fingerprint density at radius 2 is 1.74 bits per heavy atom. The van der Waals surface area contributed by atoms with Gasteiger partial charge in [-0.25, -0.2) is 0 Å². The molecule has 0 bridgehead atoms. The molecule has 0 fully saturated rings. The molecule has 0 saturated carbocycles. The molecule has 1 aliphatic carbocycles. The maximum atomic E-state index is 12.9. The highest BCUT2D eigenvalue weighted by atomic mass is 16.5. The second-order valence-electron chi connectivity index (χ2n) is 7.11. The second kappa shape index (κ2) is 7.17. The molecule has 0 saturated heterocycles. The molecule has 4 aromatic rings. The van der Waals surface area contributed by atoms with Gasteiger partial charge in [-0.15, -0.1) is 5.10 Å². The van der Waals surface area contributed by atoms with E-state index in [-0.39, 0.29) is 11.7 Å². The van der Waals surface area contributed by atoms with Gasteiger partial charge in [-0.1, -0.05) is 30.3 Å². The zero-order valence-corrected chi connectivity index (χ0v) is 16.8. The largest absolute Gasteiger partial charge is 0.494 e. The summed E-state index contributed by atoms with van der Waals surface area (Å²) >= 11 is 0. The molecule has 8 nitrogen and oxygen atoms in total. The van der Waals surface area contributed by atoms with Gasteiger partial charge in [0.05, 0.1) is 7.11 Å². The van der Waals surface area contributed by atoms with Crippen LogP contribution in [0, 0.1) is 6.92 Å². The zero-order valence-electron chi connectivity index (χ0n) is 16.8. The van der Waals surface area contributed by atoms with E-state index in [0.29, 0.717) is 39.6 Å². The maximum Gasteiger partial charge on any atom is 0.255 e. The third-order valence-electron chi connectivity index (χ3n) is 5.28. The number of methoxy groups -OCH3 is 1. The van der Waals surface area contributed by atoms with Crippen molar-refractivity contribution in [3.05, 3.63) is 83.2 Å². The van der Waals surface area contributed by atoms with Crippen LogP contribution >= 0.6 is 0 Å². The van der Waals surface area contributed by atoms with Gasteiger partial charge in [0.1, 0.15) is 11.4 Å². The quantitative estimate of drug-likeness (QED) is 0.486. The number of carbonyl (C=O) groups excluding carboxylic acids is 2. The first-order valence-corrected chi connectivity index (χ1v) is 9.59. The van der Waals surface area contributed by atoms with E-state index in [4.69, 9.17) is 4.74 Å². The molecule has 1 heterocycles. The third kappa shape index (κ3) is 3.05. The second-order valence-corrected chi connectivity index (χ2v) is 7.11. The fourth-order valence-corrected chi connectivity index (χ4v) is 3.76. The van der Waals surface area contributed by atoms with Crippen LogP contribution in [0.5, 0.6) is 5.75 Å². The molecule has 1 aromatic heterocycles. The van der Waals surface area contributed by atoms with Gasteiger partial charge < -0.3 is 10.1 Å². The van der Waals surface area contributed by atoms with Crippen LogP contribution in [0.15, 0.2) is 60.7 Å². The number of nitrogens with zero attached hydrogens (tertiary/aromatic N) is 4. The molecule has 0 unspecified atom stereocenters.